The van der Waals surface area contributed by atoms with Crippen molar-refractivity contribution in [2.24, 2.45) is 0 Å². The van der Waals surface area contributed by atoms with Crippen LogP contribution in [0.4, 0.5) is 29.6 Å². The number of rotatable bonds is 4. The molecule has 3 N–H and O–H groups in total. The lowest BCUT2D eigenvalue weighted by molar-refractivity contribution is -0.144. The average molecular weight is 397 g/mol. The van der Waals surface area contributed by atoms with Gasteiger partial charge in [0.05, 0.1) is 6.54 Å². The van der Waals surface area contributed by atoms with Gasteiger partial charge in [0.1, 0.15) is 0 Å². The summed E-state index contributed by atoms with van der Waals surface area (Å²) in [5.41, 5.74) is 1.08. The maximum absolute atomic E-state index is 12.4. The molecule has 150 valence electrons. The normalized spacial score (nSPS) is 14.7. The minimum Gasteiger partial charge on any atom is -0.368 e. The molecule has 0 unspecified atom stereocenters. The van der Waals surface area contributed by atoms with E-state index in [9.17, 15) is 22.8 Å². The van der Waals surface area contributed by atoms with Gasteiger partial charge in [-0.05, 0) is 12.1 Å². The standard InChI is InChI=1S/C16H18F3N7O2/c17-16(18,19)13-22-14(24-23-13)21-12(27)10-20-15(28)26-8-6-25(7-9-26)11-4-2-1-3-5-11/h1-5H,6-10H2,(H,20,28)(H2,21,22,23,24,27). The Hall–Kier alpha value is -3.31. The third kappa shape index (κ3) is 4.90. The van der Waals surface area contributed by atoms with Crippen molar-refractivity contribution in [3.05, 3.63) is 36.2 Å². The summed E-state index contributed by atoms with van der Waals surface area (Å²) in [7, 11) is 0. The van der Waals surface area contributed by atoms with E-state index in [1.54, 1.807) is 10.00 Å². The predicted octanol–water partition coefficient (Wildman–Crippen LogP) is 1.29. The lowest BCUT2D eigenvalue weighted by Gasteiger charge is -2.36. The van der Waals surface area contributed by atoms with E-state index < -0.39 is 36.4 Å². The van der Waals surface area contributed by atoms with Crippen LogP contribution in [0.3, 0.4) is 0 Å². The highest BCUT2D eigenvalue weighted by molar-refractivity contribution is 5.92. The lowest BCUT2D eigenvalue weighted by atomic mass is 10.2. The van der Waals surface area contributed by atoms with Crippen molar-refractivity contribution in [3.8, 4) is 0 Å². The Morgan fingerprint density at radius 1 is 1.11 bits per heavy atom. The number of hydrogen-bond donors (Lipinski definition) is 3. The van der Waals surface area contributed by atoms with Gasteiger partial charge in [-0.3, -0.25) is 15.2 Å². The molecule has 0 atom stereocenters. The van der Waals surface area contributed by atoms with Crippen molar-refractivity contribution in [3.63, 3.8) is 0 Å². The third-order valence-corrected chi connectivity index (χ3v) is 4.09. The zero-order valence-electron chi connectivity index (χ0n) is 14.7. The Bertz CT molecular complexity index is 817. The molecule has 9 nitrogen and oxygen atoms in total. The number of aromatic amines is 1. The number of carbonyl (C=O) groups is 2. The molecule has 2 aromatic rings. The Balaban J connectivity index is 1.42. The zero-order chi connectivity index (χ0) is 20.1. The van der Waals surface area contributed by atoms with Gasteiger partial charge in [-0.15, -0.1) is 5.10 Å². The first-order valence-electron chi connectivity index (χ1n) is 8.45. The summed E-state index contributed by atoms with van der Waals surface area (Å²) in [6, 6.07) is 9.38. The van der Waals surface area contributed by atoms with Crippen molar-refractivity contribution in [1.82, 2.24) is 25.4 Å². The summed E-state index contributed by atoms with van der Waals surface area (Å²) in [5, 5.41) is 9.46. The second kappa shape index (κ2) is 8.15. The molecule has 0 spiro atoms. The summed E-state index contributed by atoms with van der Waals surface area (Å²) in [5.74, 6) is -2.56. The number of aromatic nitrogens is 3. The molecule has 1 aromatic heterocycles. The fraction of sp³-hybridized carbons (Fsp3) is 0.375. The number of nitrogens with zero attached hydrogens (tertiary/aromatic N) is 4. The van der Waals surface area contributed by atoms with Gasteiger partial charge in [-0.25, -0.2) is 4.79 Å². The van der Waals surface area contributed by atoms with E-state index >= 15 is 0 Å². The van der Waals surface area contributed by atoms with Crippen molar-refractivity contribution >= 4 is 23.6 Å². The van der Waals surface area contributed by atoms with E-state index in [0.717, 1.165) is 5.69 Å². The smallest absolute Gasteiger partial charge is 0.368 e. The summed E-state index contributed by atoms with van der Waals surface area (Å²) in [6.07, 6.45) is -4.69. The minimum atomic E-state index is -4.69. The van der Waals surface area contributed by atoms with Crippen LogP contribution in [0.25, 0.3) is 0 Å². The third-order valence-electron chi connectivity index (χ3n) is 4.09. The highest BCUT2D eigenvalue weighted by Gasteiger charge is 2.35. The van der Waals surface area contributed by atoms with Gasteiger partial charge in [0.15, 0.2) is 0 Å². The molecule has 1 aliphatic rings. The van der Waals surface area contributed by atoms with Crippen LogP contribution in [0.2, 0.25) is 0 Å². The zero-order valence-corrected chi connectivity index (χ0v) is 14.7. The largest absolute Gasteiger partial charge is 0.451 e. The lowest BCUT2D eigenvalue weighted by Crippen LogP contribution is -2.52. The van der Waals surface area contributed by atoms with Gasteiger partial charge in [0.2, 0.25) is 17.7 Å². The molecule has 0 radical (unpaired) electrons. The number of H-pyrrole nitrogens is 1. The number of halogens is 3. The van der Waals surface area contributed by atoms with Gasteiger partial charge < -0.3 is 15.1 Å². The van der Waals surface area contributed by atoms with E-state index in [0.29, 0.717) is 26.2 Å². The first-order valence-corrected chi connectivity index (χ1v) is 8.45. The van der Waals surface area contributed by atoms with Crippen LogP contribution in [0.1, 0.15) is 5.82 Å². The molecule has 0 aliphatic carbocycles. The van der Waals surface area contributed by atoms with Gasteiger partial charge in [-0.2, -0.15) is 18.2 Å². The number of para-hydroxylation sites is 1. The van der Waals surface area contributed by atoms with Gasteiger partial charge in [0, 0.05) is 31.9 Å². The van der Waals surface area contributed by atoms with Crippen LogP contribution >= 0.6 is 0 Å². The van der Waals surface area contributed by atoms with Crippen molar-refractivity contribution in [1.29, 1.82) is 0 Å². The Labute approximate surface area is 157 Å². The Morgan fingerprint density at radius 3 is 2.39 bits per heavy atom. The van der Waals surface area contributed by atoms with E-state index in [2.05, 4.69) is 25.6 Å². The van der Waals surface area contributed by atoms with Crippen LogP contribution in [0.5, 0.6) is 0 Å². The SMILES string of the molecule is O=C(CNC(=O)N1CCN(c2ccccc2)CC1)Nc1n[nH]c(C(F)(F)F)n1. The number of urea groups is 1. The molecule has 12 heteroatoms. The fourth-order valence-electron chi connectivity index (χ4n) is 2.69. The second-order valence-corrected chi connectivity index (χ2v) is 6.02. The summed E-state index contributed by atoms with van der Waals surface area (Å²) >= 11 is 0. The first-order chi connectivity index (χ1) is 13.3. The number of amides is 3. The maximum atomic E-state index is 12.4. The minimum absolute atomic E-state index is 0.409. The molecule has 3 amide bonds. The summed E-state index contributed by atoms with van der Waals surface area (Å²) in [4.78, 5) is 30.8. The molecule has 1 aliphatic heterocycles. The monoisotopic (exact) mass is 397 g/mol. The van der Waals surface area contributed by atoms with Crippen LogP contribution < -0.4 is 15.5 Å². The number of anilines is 2. The first kappa shape index (κ1) is 19.5. The number of alkyl halides is 3. The quantitative estimate of drug-likeness (QED) is 0.721. The topological polar surface area (TPSA) is 106 Å². The fourth-order valence-corrected chi connectivity index (χ4v) is 2.69. The number of benzene rings is 1. The van der Waals surface area contributed by atoms with Crippen molar-refractivity contribution < 1.29 is 22.8 Å². The van der Waals surface area contributed by atoms with Gasteiger partial charge in [-0.1, -0.05) is 18.2 Å². The van der Waals surface area contributed by atoms with Gasteiger partial charge in [0.25, 0.3) is 0 Å². The maximum Gasteiger partial charge on any atom is 0.451 e. The van der Waals surface area contributed by atoms with Crippen LogP contribution in [-0.2, 0) is 11.0 Å². The second-order valence-electron chi connectivity index (χ2n) is 6.02. The van der Waals surface area contributed by atoms with Gasteiger partial charge >= 0.3 is 12.2 Å². The Morgan fingerprint density at radius 2 is 1.79 bits per heavy atom. The van der Waals surface area contributed by atoms with E-state index in [1.807, 2.05) is 30.3 Å². The van der Waals surface area contributed by atoms with Crippen LogP contribution in [0, 0.1) is 0 Å². The van der Waals surface area contributed by atoms with Crippen LogP contribution in [-0.4, -0.2) is 64.7 Å². The molecule has 1 aromatic carbocycles. The molecule has 28 heavy (non-hydrogen) atoms. The average Bonchev–Trinajstić information content (AvgIpc) is 3.16. The molecule has 0 bridgehead atoms. The predicted molar refractivity (Wildman–Crippen MR) is 93.6 cm³/mol. The number of nitrogens with one attached hydrogen (secondary N) is 3. The number of carbonyl (C=O) groups excluding carboxylic acids is 2. The Kier molecular flexibility index (Phi) is 5.66. The summed E-state index contributed by atoms with van der Waals surface area (Å²) < 4.78 is 37.3. The molecule has 1 saturated heterocycles. The van der Waals surface area contributed by atoms with E-state index in [1.165, 1.54) is 0 Å². The molecule has 0 saturated carbocycles. The van der Waals surface area contributed by atoms with Crippen LogP contribution in [0.15, 0.2) is 30.3 Å². The molecule has 2 heterocycles. The van der Waals surface area contributed by atoms with Crippen molar-refractivity contribution in [2.45, 2.75) is 6.18 Å². The van der Waals surface area contributed by atoms with Crippen molar-refractivity contribution in [2.75, 3.05) is 42.9 Å². The molecular weight excluding hydrogens is 379 g/mol. The molecule has 1 fully saturated rings. The molecular formula is C16H18F3N7O2. The van der Waals surface area contributed by atoms with E-state index in [4.69, 9.17) is 0 Å². The highest BCUT2D eigenvalue weighted by Crippen LogP contribution is 2.26. The number of hydrogen-bond acceptors (Lipinski definition) is 5. The highest BCUT2D eigenvalue weighted by atomic mass is 19.4. The summed E-state index contributed by atoms with van der Waals surface area (Å²) in [6.45, 7) is 1.87. The van der Waals surface area contributed by atoms with E-state index in [-0.39, 0.29) is 0 Å². The molecule has 3 rings (SSSR count). The number of piperazine rings is 1.